The number of nitrogens with zero attached hydrogens (tertiary/aromatic N) is 1. The number of nitrogens with one attached hydrogen (secondary N) is 1. The van der Waals surface area contributed by atoms with Gasteiger partial charge in [0.05, 0.1) is 36.4 Å². The fraction of sp³-hybridized carbons (Fsp3) is 0.320. The molecule has 0 aliphatic carbocycles. The lowest BCUT2D eigenvalue weighted by Gasteiger charge is -2.31. The first-order chi connectivity index (χ1) is 16.9. The van der Waals surface area contributed by atoms with Crippen LogP contribution in [0.15, 0.2) is 41.3 Å². The van der Waals surface area contributed by atoms with Gasteiger partial charge in [0.25, 0.3) is 0 Å². The molecule has 0 saturated carbocycles. The predicted molar refractivity (Wildman–Crippen MR) is 132 cm³/mol. The largest absolute Gasteiger partial charge is 0.495 e. The number of aromatic nitrogens is 1. The number of halogens is 2. The van der Waals surface area contributed by atoms with Crippen molar-refractivity contribution in [1.29, 1.82) is 0 Å². The number of amides is 1. The second kappa shape index (κ2) is 10.7. The molecular weight excluding hydrogens is 495 g/mol. The molecule has 3 heterocycles. The topological polar surface area (TPSA) is 99.9 Å². The summed E-state index contributed by atoms with van der Waals surface area (Å²) in [5.41, 5.74) is 1.75. The van der Waals surface area contributed by atoms with Crippen molar-refractivity contribution in [2.24, 2.45) is 5.92 Å². The van der Waals surface area contributed by atoms with E-state index in [1.165, 1.54) is 26.4 Å². The van der Waals surface area contributed by atoms with Crippen molar-refractivity contribution in [2.75, 3.05) is 27.4 Å². The Labute approximate surface area is 212 Å². The number of rotatable bonds is 8. The monoisotopic (exact) mass is 518 g/mol. The maximum absolute atomic E-state index is 13.3. The summed E-state index contributed by atoms with van der Waals surface area (Å²) in [6.07, 6.45) is 2.55. The maximum atomic E-state index is 13.3. The molecule has 1 N–H and O–H groups in total. The van der Waals surface area contributed by atoms with Crippen LogP contribution in [0.3, 0.4) is 0 Å². The van der Waals surface area contributed by atoms with E-state index in [0.717, 1.165) is 5.69 Å². The number of furan rings is 1. The summed E-state index contributed by atoms with van der Waals surface area (Å²) in [4.78, 5) is 29.8. The molecule has 1 aliphatic heterocycles. The zero-order valence-corrected chi connectivity index (χ0v) is 20.7. The van der Waals surface area contributed by atoms with Crippen LogP contribution in [0.1, 0.15) is 28.2 Å². The highest BCUT2D eigenvalue weighted by Crippen LogP contribution is 2.41. The Hall–Kier alpha value is -3.07. The number of hydrogen-bond acceptors (Lipinski definition) is 7. The molecule has 2 unspecified atom stereocenters. The molecule has 10 heteroatoms. The van der Waals surface area contributed by atoms with Crippen molar-refractivity contribution in [3.63, 3.8) is 0 Å². The first-order valence-electron chi connectivity index (χ1n) is 10.9. The number of methoxy groups -OCH3 is 2. The van der Waals surface area contributed by atoms with Gasteiger partial charge in [-0.25, -0.2) is 4.98 Å². The van der Waals surface area contributed by atoms with Gasteiger partial charge >= 0.3 is 0 Å². The number of fused-ring (bicyclic) bond motifs is 1. The number of hydrogen-bond donors (Lipinski definition) is 1. The molecule has 1 aliphatic rings. The molecule has 8 nitrogen and oxygen atoms in total. The summed E-state index contributed by atoms with van der Waals surface area (Å²) in [6, 6.07) is 6.60. The van der Waals surface area contributed by atoms with Crippen molar-refractivity contribution in [2.45, 2.75) is 18.9 Å². The Morgan fingerprint density at radius 3 is 2.57 bits per heavy atom. The Bertz CT molecular complexity index is 1260. The maximum Gasteiger partial charge on any atom is 0.243 e. The minimum Gasteiger partial charge on any atom is -0.495 e. The molecule has 0 bridgehead atoms. The third-order valence-electron chi connectivity index (χ3n) is 5.91. The summed E-state index contributed by atoms with van der Waals surface area (Å²) in [5.74, 6) is -0.158. The van der Waals surface area contributed by atoms with Crippen LogP contribution in [-0.4, -0.2) is 50.1 Å². The van der Waals surface area contributed by atoms with Gasteiger partial charge < -0.3 is 23.9 Å². The van der Waals surface area contributed by atoms with Crippen LogP contribution in [0.4, 0.5) is 0 Å². The highest BCUT2D eigenvalue weighted by atomic mass is 35.5. The molecule has 184 valence electrons. The molecule has 1 fully saturated rings. The van der Waals surface area contributed by atoms with E-state index in [9.17, 15) is 9.59 Å². The molecule has 2 atom stereocenters. The fourth-order valence-corrected chi connectivity index (χ4v) is 4.77. The Morgan fingerprint density at radius 1 is 1.20 bits per heavy atom. The van der Waals surface area contributed by atoms with Crippen molar-refractivity contribution in [3.8, 4) is 11.5 Å². The highest BCUT2D eigenvalue weighted by Gasteiger charge is 2.29. The first kappa shape index (κ1) is 25.0. The number of pyridine rings is 1. The van der Waals surface area contributed by atoms with E-state index < -0.39 is 5.78 Å². The Kier molecular flexibility index (Phi) is 7.64. The van der Waals surface area contributed by atoms with Crippen LogP contribution in [0.2, 0.25) is 10.0 Å². The van der Waals surface area contributed by atoms with Crippen LogP contribution in [-0.2, 0) is 16.0 Å². The number of carbonyl (C=O) groups is 2. The number of benzene rings is 1. The molecule has 3 aromatic rings. The van der Waals surface area contributed by atoms with Gasteiger partial charge in [0.1, 0.15) is 17.0 Å². The van der Waals surface area contributed by atoms with Gasteiger partial charge in [-0.2, -0.15) is 0 Å². The van der Waals surface area contributed by atoms with Gasteiger partial charge in [-0.15, -0.1) is 0 Å². The van der Waals surface area contributed by atoms with E-state index in [1.807, 2.05) is 6.07 Å². The van der Waals surface area contributed by atoms with Gasteiger partial charge in [0.2, 0.25) is 11.7 Å². The lowest BCUT2D eigenvalue weighted by molar-refractivity contribution is -0.118. The second-order valence-electron chi connectivity index (χ2n) is 8.06. The lowest BCUT2D eigenvalue weighted by Crippen LogP contribution is -2.45. The van der Waals surface area contributed by atoms with Crippen molar-refractivity contribution in [1.82, 2.24) is 10.3 Å². The third-order valence-corrected chi connectivity index (χ3v) is 6.66. The summed E-state index contributed by atoms with van der Waals surface area (Å²) in [7, 11) is 2.86. The van der Waals surface area contributed by atoms with Crippen LogP contribution in [0, 0.1) is 5.92 Å². The van der Waals surface area contributed by atoms with Crippen molar-refractivity contribution in [3.05, 3.63) is 64.0 Å². The van der Waals surface area contributed by atoms with E-state index in [2.05, 4.69) is 16.9 Å². The van der Waals surface area contributed by atoms with Crippen LogP contribution >= 0.6 is 23.2 Å². The number of carbonyl (C=O) groups excluding carboxylic acids is 2. The van der Waals surface area contributed by atoms with E-state index in [0.29, 0.717) is 37.2 Å². The quantitative estimate of drug-likeness (QED) is 0.342. The van der Waals surface area contributed by atoms with E-state index in [4.69, 9.17) is 41.8 Å². The summed E-state index contributed by atoms with van der Waals surface area (Å²) in [5, 5.41) is 3.08. The SMILES string of the molecule is C=CC(=O)NC1CCOCC1Cc1ccc2oc(C(=O)c3c(Cl)c(OC)cc(OC)c3Cl)cc2n1. The predicted octanol–water partition coefficient (Wildman–Crippen LogP) is 4.63. The minimum absolute atomic E-state index is 0.0176. The van der Waals surface area contributed by atoms with Gasteiger partial charge in [-0.1, -0.05) is 29.8 Å². The average Bonchev–Trinajstić information content (AvgIpc) is 3.29. The molecule has 1 amide bonds. The van der Waals surface area contributed by atoms with Crippen LogP contribution in [0.5, 0.6) is 11.5 Å². The number of ether oxygens (including phenoxy) is 3. The van der Waals surface area contributed by atoms with Gasteiger partial charge in [-0.3, -0.25) is 9.59 Å². The fourth-order valence-electron chi connectivity index (χ4n) is 4.10. The Morgan fingerprint density at radius 2 is 1.91 bits per heavy atom. The standard InChI is InChI=1S/C25H24Cl2N2O6/c1-4-21(30)29-15-7-8-34-12-13(15)9-14-5-6-17-16(28-14)10-20(35-17)25(31)22-23(26)18(32-2)11-19(33-3)24(22)27/h4-6,10-11,13,15H,1,7-9,12H2,2-3H3,(H,29,30). The second-order valence-corrected chi connectivity index (χ2v) is 8.81. The molecule has 4 rings (SSSR count). The van der Waals surface area contributed by atoms with E-state index in [1.54, 1.807) is 12.1 Å². The molecule has 35 heavy (non-hydrogen) atoms. The molecule has 2 aromatic heterocycles. The smallest absolute Gasteiger partial charge is 0.243 e. The highest BCUT2D eigenvalue weighted by molar-refractivity contribution is 6.42. The average molecular weight is 519 g/mol. The van der Waals surface area contributed by atoms with Gasteiger partial charge in [0, 0.05) is 36.4 Å². The van der Waals surface area contributed by atoms with Crippen LogP contribution < -0.4 is 14.8 Å². The minimum atomic E-state index is -0.523. The van der Waals surface area contributed by atoms with Crippen LogP contribution in [0.25, 0.3) is 11.1 Å². The molecule has 1 aromatic carbocycles. The Balaban J connectivity index is 1.62. The molecule has 0 spiro atoms. The molecule has 0 radical (unpaired) electrons. The van der Waals surface area contributed by atoms with E-state index >= 15 is 0 Å². The normalized spacial score (nSPS) is 17.7. The molecule has 1 saturated heterocycles. The lowest BCUT2D eigenvalue weighted by atomic mass is 9.91. The van der Waals surface area contributed by atoms with E-state index in [-0.39, 0.29) is 50.7 Å². The molecular formula is C25H24Cl2N2O6. The van der Waals surface area contributed by atoms with Gasteiger partial charge in [-0.05, 0) is 31.1 Å². The zero-order valence-electron chi connectivity index (χ0n) is 19.2. The summed E-state index contributed by atoms with van der Waals surface area (Å²) >= 11 is 12.8. The van der Waals surface area contributed by atoms with Crippen molar-refractivity contribution < 1.29 is 28.2 Å². The summed E-state index contributed by atoms with van der Waals surface area (Å²) in [6.45, 7) is 4.60. The zero-order chi connectivity index (χ0) is 25.1. The third kappa shape index (κ3) is 5.15. The summed E-state index contributed by atoms with van der Waals surface area (Å²) < 4.78 is 21.9. The van der Waals surface area contributed by atoms with Crippen molar-refractivity contribution >= 4 is 46.0 Å². The van der Waals surface area contributed by atoms with Gasteiger partial charge in [0.15, 0.2) is 11.3 Å². The first-order valence-corrected chi connectivity index (χ1v) is 11.7. The number of ketones is 1.